The molecule has 6 rings (SSSR count). The first-order valence-corrected chi connectivity index (χ1v) is 20.5. The average Bonchev–Trinajstić information content (AvgIpc) is 3.25. The molecule has 1 atom stereocenters. The molecule has 0 radical (unpaired) electrons. The van der Waals surface area contributed by atoms with E-state index in [9.17, 15) is 24.3 Å². The van der Waals surface area contributed by atoms with E-state index >= 15 is 0 Å². The Bertz CT molecular complexity index is 2020. The van der Waals surface area contributed by atoms with Gasteiger partial charge in [0.1, 0.15) is 6.04 Å². The summed E-state index contributed by atoms with van der Waals surface area (Å²) in [7, 11) is 1.96. The van der Waals surface area contributed by atoms with E-state index in [4.69, 9.17) is 0 Å². The number of carbonyl (C=O) groups excluding carboxylic acids is 4. The average molecular weight is 800 g/mol. The van der Waals surface area contributed by atoms with Crippen LogP contribution < -0.4 is 15.1 Å². The normalized spacial score (nSPS) is 15.2. The zero-order valence-electron chi connectivity index (χ0n) is 34.5. The molecule has 2 N–H and O–H groups in total. The van der Waals surface area contributed by atoms with E-state index in [1.807, 2.05) is 76.3 Å². The highest BCUT2D eigenvalue weighted by Gasteiger charge is 2.34. The number of hydrogen-bond acceptors (Lipinski definition) is 8. The monoisotopic (exact) mass is 799 g/mol. The predicted octanol–water partition coefficient (Wildman–Crippen LogP) is 4.74. The molecule has 2 aliphatic heterocycles. The number of benzene rings is 4. The Labute approximate surface area is 348 Å². The van der Waals surface area contributed by atoms with Crippen molar-refractivity contribution in [3.8, 4) is 0 Å². The van der Waals surface area contributed by atoms with E-state index in [-0.39, 0.29) is 36.8 Å². The first-order chi connectivity index (χ1) is 28.6. The number of aliphatic hydroxyl groups is 1. The highest BCUT2D eigenvalue weighted by molar-refractivity contribution is 5.96. The lowest BCUT2D eigenvalue weighted by molar-refractivity contribution is -0.145. The molecule has 4 aromatic carbocycles. The van der Waals surface area contributed by atoms with Crippen LogP contribution in [0.4, 0.5) is 17.1 Å². The van der Waals surface area contributed by atoms with Crippen molar-refractivity contribution in [2.75, 3.05) is 87.7 Å². The van der Waals surface area contributed by atoms with Crippen LogP contribution in [0.25, 0.3) is 6.08 Å². The number of likely N-dealkylation sites (N-methyl/N-ethyl adjacent to an activating group) is 1. The van der Waals surface area contributed by atoms with Gasteiger partial charge < -0.3 is 34.9 Å². The van der Waals surface area contributed by atoms with Crippen LogP contribution in [0.3, 0.4) is 0 Å². The summed E-state index contributed by atoms with van der Waals surface area (Å²) >= 11 is 0. The minimum Gasteiger partial charge on any atom is -0.395 e. The van der Waals surface area contributed by atoms with Crippen molar-refractivity contribution in [1.29, 1.82) is 0 Å². The maximum atomic E-state index is 14.8. The first kappa shape index (κ1) is 42.6. The molecule has 310 valence electrons. The number of rotatable bonds is 15. The number of amides is 4. The summed E-state index contributed by atoms with van der Waals surface area (Å²) in [6.07, 6.45) is 3.64. The Balaban J connectivity index is 1.21. The van der Waals surface area contributed by atoms with Gasteiger partial charge in [-0.05, 0) is 64.7 Å². The highest BCUT2D eigenvalue weighted by atomic mass is 16.3. The van der Waals surface area contributed by atoms with Gasteiger partial charge in [0.05, 0.1) is 6.61 Å². The summed E-state index contributed by atoms with van der Waals surface area (Å²) in [4.78, 5) is 64.8. The SMILES string of the molecule is CC(=O)Nc1ccc(C=CC(=O)N(Cc2ccc(N3CCN(C(C)=O)CC3)cc2)C(Cc2ccccc2)C(=O)N2CCN(Cc3ccc(N(C)CCO)cc3)CC2)cc1. The third kappa shape index (κ3) is 12.0. The van der Waals surface area contributed by atoms with E-state index < -0.39 is 6.04 Å². The fourth-order valence-electron chi connectivity index (χ4n) is 7.67. The summed E-state index contributed by atoms with van der Waals surface area (Å²) in [5.41, 5.74) is 6.62. The number of aliphatic hydroxyl groups excluding tert-OH is 1. The van der Waals surface area contributed by atoms with E-state index in [1.54, 1.807) is 30.0 Å². The Morgan fingerprint density at radius 3 is 1.97 bits per heavy atom. The molecule has 59 heavy (non-hydrogen) atoms. The van der Waals surface area contributed by atoms with Gasteiger partial charge in [-0.2, -0.15) is 0 Å². The maximum Gasteiger partial charge on any atom is 0.247 e. The maximum absolute atomic E-state index is 14.8. The lowest BCUT2D eigenvalue weighted by atomic mass is 10.0. The molecule has 2 heterocycles. The molecule has 0 spiro atoms. The summed E-state index contributed by atoms with van der Waals surface area (Å²) < 4.78 is 0. The lowest BCUT2D eigenvalue weighted by Gasteiger charge is -2.39. The number of hydrogen-bond donors (Lipinski definition) is 2. The van der Waals surface area contributed by atoms with Gasteiger partial charge in [-0.1, -0.05) is 66.7 Å². The number of anilines is 3. The number of carbonyl (C=O) groups is 4. The number of nitrogens with zero attached hydrogens (tertiary/aromatic N) is 6. The predicted molar refractivity (Wildman–Crippen MR) is 234 cm³/mol. The van der Waals surface area contributed by atoms with Crippen molar-refractivity contribution in [2.24, 2.45) is 0 Å². The zero-order chi connectivity index (χ0) is 41.7. The first-order valence-electron chi connectivity index (χ1n) is 20.5. The van der Waals surface area contributed by atoms with Crippen LogP contribution in [0.2, 0.25) is 0 Å². The van der Waals surface area contributed by atoms with Crippen LogP contribution in [0.1, 0.15) is 36.1 Å². The van der Waals surface area contributed by atoms with Gasteiger partial charge in [0, 0.05) is 122 Å². The summed E-state index contributed by atoms with van der Waals surface area (Å²) in [5, 5.41) is 12.1. The Morgan fingerprint density at radius 1 is 0.729 bits per heavy atom. The van der Waals surface area contributed by atoms with E-state index in [2.05, 4.69) is 51.5 Å². The Kier molecular flexibility index (Phi) is 14.9. The van der Waals surface area contributed by atoms with Crippen LogP contribution in [0, 0.1) is 0 Å². The highest BCUT2D eigenvalue weighted by Crippen LogP contribution is 2.23. The summed E-state index contributed by atoms with van der Waals surface area (Å²) in [5.74, 6) is -0.424. The van der Waals surface area contributed by atoms with Gasteiger partial charge in [-0.3, -0.25) is 24.1 Å². The largest absolute Gasteiger partial charge is 0.395 e. The molecule has 12 heteroatoms. The van der Waals surface area contributed by atoms with Crippen LogP contribution in [-0.2, 0) is 38.7 Å². The summed E-state index contributed by atoms with van der Waals surface area (Å²) in [6, 6.07) is 32.9. The molecule has 0 aliphatic carbocycles. The molecule has 0 bridgehead atoms. The second kappa shape index (κ2) is 20.6. The van der Waals surface area contributed by atoms with Gasteiger partial charge in [-0.15, -0.1) is 0 Å². The topological polar surface area (TPSA) is 120 Å². The van der Waals surface area contributed by atoms with E-state index in [0.29, 0.717) is 57.9 Å². The third-order valence-corrected chi connectivity index (χ3v) is 11.1. The Morgan fingerprint density at radius 2 is 1.36 bits per heavy atom. The minimum absolute atomic E-state index is 0.0776. The molecule has 2 aliphatic rings. The molecular weight excluding hydrogens is 743 g/mol. The van der Waals surface area contributed by atoms with Crippen molar-refractivity contribution < 1.29 is 24.3 Å². The van der Waals surface area contributed by atoms with Crippen molar-refractivity contribution in [1.82, 2.24) is 19.6 Å². The lowest BCUT2D eigenvalue weighted by Crippen LogP contribution is -2.56. The van der Waals surface area contributed by atoms with Crippen LogP contribution in [-0.4, -0.2) is 127 Å². The number of piperazine rings is 2. The van der Waals surface area contributed by atoms with E-state index in [0.717, 1.165) is 47.7 Å². The molecule has 2 saturated heterocycles. The van der Waals surface area contributed by atoms with Gasteiger partial charge in [-0.25, -0.2) is 0 Å². The minimum atomic E-state index is -0.758. The second-order valence-electron chi connectivity index (χ2n) is 15.4. The zero-order valence-corrected chi connectivity index (χ0v) is 34.5. The molecule has 0 saturated carbocycles. The molecule has 12 nitrogen and oxygen atoms in total. The smallest absolute Gasteiger partial charge is 0.247 e. The molecule has 1 unspecified atom stereocenters. The number of nitrogens with one attached hydrogen (secondary N) is 1. The van der Waals surface area contributed by atoms with Crippen LogP contribution in [0.5, 0.6) is 0 Å². The standard InChI is InChI=1S/C47H57N7O5/c1-36(56)48-42-16-9-38(10-17-42)15-22-46(58)54(35-41-13-20-44(21-14-41)52-29-27-51(28-30-52)37(2)57)45(33-39-7-5-4-6-8-39)47(59)53-25-23-50(24-26-53)34-40-11-18-43(19-12-40)49(3)31-32-55/h4-22,45,55H,23-35H2,1-3H3,(H,48,56). The fourth-order valence-corrected chi connectivity index (χ4v) is 7.67. The van der Waals surface area contributed by atoms with Gasteiger partial charge in [0.15, 0.2) is 0 Å². The van der Waals surface area contributed by atoms with Gasteiger partial charge >= 0.3 is 0 Å². The fraction of sp³-hybridized carbons (Fsp3) is 0.362. The third-order valence-electron chi connectivity index (χ3n) is 11.1. The molecular formula is C47H57N7O5. The van der Waals surface area contributed by atoms with Crippen LogP contribution in [0.15, 0.2) is 109 Å². The van der Waals surface area contributed by atoms with E-state index in [1.165, 1.54) is 18.6 Å². The molecule has 0 aromatic heterocycles. The van der Waals surface area contributed by atoms with Crippen molar-refractivity contribution in [3.05, 3.63) is 131 Å². The van der Waals surface area contributed by atoms with Gasteiger partial charge in [0.25, 0.3) is 0 Å². The molecule has 4 aromatic rings. The quantitative estimate of drug-likeness (QED) is 0.166. The van der Waals surface area contributed by atoms with Crippen molar-refractivity contribution in [2.45, 2.75) is 39.4 Å². The van der Waals surface area contributed by atoms with Crippen molar-refractivity contribution >= 4 is 46.8 Å². The molecule has 2 fully saturated rings. The Hall–Kier alpha value is -5.98. The summed E-state index contributed by atoms with van der Waals surface area (Å²) in [6.45, 7) is 10.1. The second-order valence-corrected chi connectivity index (χ2v) is 15.4. The van der Waals surface area contributed by atoms with Crippen molar-refractivity contribution in [3.63, 3.8) is 0 Å². The van der Waals surface area contributed by atoms with Crippen LogP contribution >= 0.6 is 0 Å². The molecule has 4 amide bonds. The van der Waals surface area contributed by atoms with Gasteiger partial charge in [0.2, 0.25) is 23.6 Å².